The third-order valence-electron chi connectivity index (χ3n) is 6.99. The number of hydrogen-bond donors (Lipinski definition) is 1. The van der Waals surface area contributed by atoms with E-state index in [9.17, 15) is 4.79 Å². The first-order chi connectivity index (χ1) is 17.2. The summed E-state index contributed by atoms with van der Waals surface area (Å²) in [7, 11) is 0. The summed E-state index contributed by atoms with van der Waals surface area (Å²) in [5.74, 6) is 0.523. The van der Waals surface area contributed by atoms with E-state index in [-0.39, 0.29) is 12.0 Å². The van der Waals surface area contributed by atoms with E-state index in [0.717, 1.165) is 51.3 Å². The summed E-state index contributed by atoms with van der Waals surface area (Å²) in [5.41, 5.74) is 10.8. The minimum atomic E-state index is -0.372. The molecule has 0 radical (unpaired) electrons. The average Bonchev–Trinajstić information content (AvgIpc) is 2.91. The Kier molecular flexibility index (Phi) is 7.31. The SMILES string of the molecule is NC(=O)c1ccc2c(c1)CCOC2CCN1CCN(c2ccc(OCc3ccccc3)cc2)CC1. The first-order valence-electron chi connectivity index (χ1n) is 12.4. The molecule has 2 aliphatic heterocycles. The summed E-state index contributed by atoms with van der Waals surface area (Å²) in [5, 5.41) is 0. The number of benzene rings is 3. The lowest BCUT2D eigenvalue weighted by atomic mass is 9.93. The van der Waals surface area contributed by atoms with Crippen LogP contribution in [-0.2, 0) is 17.8 Å². The topological polar surface area (TPSA) is 68.0 Å². The molecule has 1 amide bonds. The van der Waals surface area contributed by atoms with Crippen molar-refractivity contribution in [2.75, 3.05) is 44.2 Å². The van der Waals surface area contributed by atoms with Crippen LogP contribution >= 0.6 is 0 Å². The zero-order chi connectivity index (χ0) is 24.0. The molecule has 0 spiro atoms. The van der Waals surface area contributed by atoms with Crippen LogP contribution in [0.5, 0.6) is 5.75 Å². The van der Waals surface area contributed by atoms with Gasteiger partial charge in [0.25, 0.3) is 0 Å². The number of nitrogens with two attached hydrogens (primary N) is 1. The zero-order valence-electron chi connectivity index (χ0n) is 20.1. The second-order valence-corrected chi connectivity index (χ2v) is 9.27. The third kappa shape index (κ3) is 5.84. The first kappa shape index (κ1) is 23.4. The van der Waals surface area contributed by atoms with E-state index in [4.69, 9.17) is 15.2 Å². The van der Waals surface area contributed by atoms with Gasteiger partial charge in [-0.15, -0.1) is 0 Å². The maximum absolute atomic E-state index is 11.5. The number of fused-ring (bicyclic) bond motifs is 1. The second-order valence-electron chi connectivity index (χ2n) is 9.27. The molecule has 3 aromatic rings. The van der Waals surface area contributed by atoms with E-state index < -0.39 is 0 Å². The van der Waals surface area contributed by atoms with Crippen LogP contribution in [0, 0.1) is 0 Å². The Morgan fingerprint density at radius 2 is 1.74 bits per heavy atom. The van der Waals surface area contributed by atoms with Gasteiger partial charge in [-0.1, -0.05) is 36.4 Å². The van der Waals surface area contributed by atoms with E-state index >= 15 is 0 Å². The van der Waals surface area contributed by atoms with Crippen molar-refractivity contribution in [3.63, 3.8) is 0 Å². The van der Waals surface area contributed by atoms with Gasteiger partial charge in [0.15, 0.2) is 0 Å². The van der Waals surface area contributed by atoms with Crippen molar-refractivity contribution in [2.45, 2.75) is 25.6 Å². The number of carbonyl (C=O) groups excluding carboxylic acids is 1. The molecule has 35 heavy (non-hydrogen) atoms. The Hall–Kier alpha value is -3.35. The number of rotatable bonds is 8. The van der Waals surface area contributed by atoms with Gasteiger partial charge in [-0.05, 0) is 65.9 Å². The van der Waals surface area contributed by atoms with Gasteiger partial charge in [0, 0.05) is 44.0 Å². The highest BCUT2D eigenvalue weighted by Gasteiger charge is 2.24. The first-order valence-corrected chi connectivity index (χ1v) is 12.4. The van der Waals surface area contributed by atoms with Crippen molar-refractivity contribution >= 4 is 11.6 Å². The Bertz CT molecular complexity index is 1130. The van der Waals surface area contributed by atoms with E-state index in [1.807, 2.05) is 36.4 Å². The van der Waals surface area contributed by atoms with Gasteiger partial charge in [-0.25, -0.2) is 0 Å². The fourth-order valence-electron chi connectivity index (χ4n) is 4.95. The fourth-order valence-corrected chi connectivity index (χ4v) is 4.95. The Labute approximate surface area is 207 Å². The molecule has 2 heterocycles. The fraction of sp³-hybridized carbons (Fsp3) is 0.345. The highest BCUT2D eigenvalue weighted by molar-refractivity contribution is 5.93. The molecular weight excluding hydrogens is 438 g/mol. The molecule has 2 N–H and O–H groups in total. The number of amides is 1. The van der Waals surface area contributed by atoms with Gasteiger partial charge >= 0.3 is 0 Å². The normalized spacial score (nSPS) is 18.2. The van der Waals surface area contributed by atoms with Crippen molar-refractivity contribution in [1.29, 1.82) is 0 Å². The summed E-state index contributed by atoms with van der Waals surface area (Å²) in [6, 6.07) is 24.4. The zero-order valence-corrected chi connectivity index (χ0v) is 20.1. The summed E-state index contributed by atoms with van der Waals surface area (Å²) in [6.45, 7) is 6.36. The lowest BCUT2D eigenvalue weighted by Gasteiger charge is -2.37. The van der Waals surface area contributed by atoms with Gasteiger partial charge in [-0.3, -0.25) is 9.69 Å². The van der Waals surface area contributed by atoms with Crippen molar-refractivity contribution in [3.8, 4) is 5.75 Å². The number of nitrogens with zero attached hydrogens (tertiary/aromatic N) is 2. The van der Waals surface area contributed by atoms with Crippen molar-refractivity contribution in [1.82, 2.24) is 4.90 Å². The van der Waals surface area contributed by atoms with Crippen LogP contribution in [0.3, 0.4) is 0 Å². The number of primary amides is 1. The number of piperazine rings is 1. The van der Waals surface area contributed by atoms with Gasteiger partial charge in [0.2, 0.25) is 5.91 Å². The maximum Gasteiger partial charge on any atom is 0.248 e. The van der Waals surface area contributed by atoms with Gasteiger partial charge in [-0.2, -0.15) is 0 Å². The number of anilines is 1. The molecule has 1 unspecified atom stereocenters. The van der Waals surface area contributed by atoms with Crippen LogP contribution in [-0.4, -0.2) is 50.1 Å². The Balaban J connectivity index is 1.09. The molecule has 0 bridgehead atoms. The molecule has 1 saturated heterocycles. The molecule has 5 rings (SSSR count). The lowest BCUT2D eigenvalue weighted by molar-refractivity contribution is 0.0289. The van der Waals surface area contributed by atoms with Crippen LogP contribution in [0.25, 0.3) is 0 Å². The molecule has 0 saturated carbocycles. The molecule has 2 aliphatic rings. The summed E-state index contributed by atoms with van der Waals surface area (Å²) in [4.78, 5) is 16.5. The molecule has 1 atom stereocenters. The summed E-state index contributed by atoms with van der Waals surface area (Å²) < 4.78 is 12.0. The van der Waals surface area contributed by atoms with E-state index in [1.54, 1.807) is 0 Å². The number of ether oxygens (including phenoxy) is 2. The standard InChI is InChI=1S/C29H33N3O3/c30-29(33)24-6-11-27-23(20-24)13-19-34-28(27)12-14-31-15-17-32(18-16-31)25-7-9-26(10-8-25)35-21-22-4-2-1-3-5-22/h1-11,20,28H,12-19,21H2,(H2,30,33). The van der Waals surface area contributed by atoms with Crippen molar-refractivity contribution < 1.29 is 14.3 Å². The summed E-state index contributed by atoms with van der Waals surface area (Å²) in [6.07, 6.45) is 1.88. The predicted octanol–water partition coefficient (Wildman–Crippen LogP) is 4.19. The third-order valence-corrected chi connectivity index (χ3v) is 6.99. The van der Waals surface area contributed by atoms with E-state index in [1.165, 1.54) is 22.4 Å². The minimum absolute atomic E-state index is 0.0853. The largest absolute Gasteiger partial charge is 0.489 e. The van der Waals surface area contributed by atoms with Gasteiger partial charge in [0.05, 0.1) is 12.7 Å². The molecule has 6 heteroatoms. The van der Waals surface area contributed by atoms with Crippen LogP contribution in [0.2, 0.25) is 0 Å². The molecule has 0 aliphatic carbocycles. The van der Waals surface area contributed by atoms with Crippen molar-refractivity contribution in [2.24, 2.45) is 5.73 Å². The number of hydrogen-bond acceptors (Lipinski definition) is 5. The van der Waals surface area contributed by atoms with Crippen molar-refractivity contribution in [3.05, 3.63) is 95.1 Å². The predicted molar refractivity (Wildman–Crippen MR) is 138 cm³/mol. The number of carbonyl (C=O) groups is 1. The van der Waals surface area contributed by atoms with Crippen LogP contribution in [0.1, 0.15) is 39.6 Å². The molecule has 3 aromatic carbocycles. The lowest BCUT2D eigenvalue weighted by Crippen LogP contribution is -2.46. The quantitative estimate of drug-likeness (QED) is 0.534. The van der Waals surface area contributed by atoms with Gasteiger partial charge in [0.1, 0.15) is 12.4 Å². The molecule has 0 aromatic heterocycles. The highest BCUT2D eigenvalue weighted by Crippen LogP contribution is 2.31. The highest BCUT2D eigenvalue weighted by atomic mass is 16.5. The molecule has 182 valence electrons. The molecular formula is C29H33N3O3. The maximum atomic E-state index is 11.5. The molecule has 1 fully saturated rings. The molecule has 6 nitrogen and oxygen atoms in total. The minimum Gasteiger partial charge on any atom is -0.489 e. The summed E-state index contributed by atoms with van der Waals surface area (Å²) >= 11 is 0. The van der Waals surface area contributed by atoms with Crippen LogP contribution < -0.4 is 15.4 Å². The monoisotopic (exact) mass is 471 g/mol. The van der Waals surface area contributed by atoms with Crippen LogP contribution in [0.15, 0.2) is 72.8 Å². The Morgan fingerprint density at radius 1 is 0.971 bits per heavy atom. The average molecular weight is 472 g/mol. The second kappa shape index (κ2) is 10.9. The van der Waals surface area contributed by atoms with E-state index in [0.29, 0.717) is 18.8 Å². The van der Waals surface area contributed by atoms with Crippen LogP contribution in [0.4, 0.5) is 5.69 Å². The Morgan fingerprint density at radius 3 is 2.49 bits per heavy atom. The van der Waals surface area contributed by atoms with E-state index in [2.05, 4.69) is 46.2 Å². The smallest absolute Gasteiger partial charge is 0.248 e. The van der Waals surface area contributed by atoms with Gasteiger partial charge < -0.3 is 20.1 Å².